The van der Waals surface area contributed by atoms with Crippen molar-refractivity contribution >= 4 is 74.1 Å². The van der Waals surface area contributed by atoms with Gasteiger partial charge in [-0.05, 0) is 159 Å². The quantitative estimate of drug-likeness (QED) is 0.160. The molecule has 0 aliphatic carbocycles. The summed E-state index contributed by atoms with van der Waals surface area (Å²) in [6.07, 6.45) is 10.2. The van der Waals surface area contributed by atoms with Gasteiger partial charge in [0.2, 0.25) is 0 Å². The highest BCUT2D eigenvalue weighted by Gasteiger charge is 2.52. The van der Waals surface area contributed by atoms with E-state index in [9.17, 15) is 19.2 Å². The Morgan fingerprint density at radius 3 is 1.62 bits per heavy atom. The summed E-state index contributed by atoms with van der Waals surface area (Å²) in [6, 6.07) is 23.1. The number of piperidine rings is 2. The summed E-state index contributed by atoms with van der Waals surface area (Å²) in [5.74, 6) is 0.350. The topological polar surface area (TPSA) is 126 Å². The monoisotopic (exact) mass is 954 g/mol. The van der Waals surface area contributed by atoms with Gasteiger partial charge < -0.3 is 37.7 Å². The Morgan fingerprint density at radius 2 is 1.06 bits per heavy atom. The van der Waals surface area contributed by atoms with Gasteiger partial charge in [0.25, 0.3) is 23.6 Å². The van der Waals surface area contributed by atoms with E-state index in [1.165, 1.54) is 12.8 Å². The van der Waals surface area contributed by atoms with Gasteiger partial charge in [-0.3, -0.25) is 19.2 Å². The third kappa shape index (κ3) is 8.82. The highest BCUT2D eigenvalue weighted by Crippen LogP contribution is 2.37. The molecular formula is C52H56BBrN4O8. The van der Waals surface area contributed by atoms with Crippen LogP contribution in [0.4, 0.5) is 0 Å². The van der Waals surface area contributed by atoms with E-state index in [1.54, 1.807) is 22.3 Å². The van der Waals surface area contributed by atoms with Crippen LogP contribution >= 0.6 is 15.9 Å². The molecule has 7 heterocycles. The van der Waals surface area contributed by atoms with Gasteiger partial charge in [-0.25, -0.2) is 0 Å². The number of amides is 4. The summed E-state index contributed by atoms with van der Waals surface area (Å²) < 4.78 is 24.2. The van der Waals surface area contributed by atoms with Crippen molar-refractivity contribution in [2.75, 3.05) is 40.3 Å². The van der Waals surface area contributed by atoms with Crippen LogP contribution in [0, 0.1) is 0 Å². The lowest BCUT2D eigenvalue weighted by atomic mass is 9.78. The number of hydrogen-bond acceptors (Lipinski definition) is 8. The summed E-state index contributed by atoms with van der Waals surface area (Å²) in [6.45, 7) is 12.9. The molecule has 3 fully saturated rings. The maximum Gasteiger partial charge on any atom is 0.494 e. The van der Waals surface area contributed by atoms with Gasteiger partial charge in [0.05, 0.1) is 21.9 Å². The van der Waals surface area contributed by atoms with Crippen molar-refractivity contribution in [3.63, 3.8) is 0 Å². The summed E-state index contributed by atoms with van der Waals surface area (Å²) in [4.78, 5) is 56.4. The van der Waals surface area contributed by atoms with Gasteiger partial charge in [0.15, 0.2) is 0 Å². The van der Waals surface area contributed by atoms with Gasteiger partial charge in [-0.1, -0.05) is 18.2 Å². The first-order valence-electron chi connectivity index (χ1n) is 23.0. The number of carbonyl (C=O) groups excluding carboxylic acids is 4. The van der Waals surface area contributed by atoms with E-state index in [4.69, 9.17) is 18.1 Å². The molecule has 11 rings (SSSR count). The zero-order valence-electron chi connectivity index (χ0n) is 38.6. The molecule has 6 aromatic rings. The minimum absolute atomic E-state index is 0.0690. The molecule has 5 aliphatic rings. The molecule has 2 aromatic heterocycles. The minimum atomic E-state index is -0.369. The van der Waals surface area contributed by atoms with E-state index < -0.39 is 0 Å². The molecule has 66 heavy (non-hydrogen) atoms. The second kappa shape index (κ2) is 18.2. The minimum Gasteiger partial charge on any atom is -0.464 e. The zero-order chi connectivity index (χ0) is 46.5. The number of hydrogen-bond donors (Lipinski definition) is 0. The lowest BCUT2D eigenvalue weighted by Gasteiger charge is -2.32. The van der Waals surface area contributed by atoms with E-state index in [0.717, 1.165) is 112 Å². The Labute approximate surface area is 394 Å². The molecule has 342 valence electrons. The average molecular weight is 956 g/mol. The highest BCUT2D eigenvalue weighted by molar-refractivity contribution is 9.10. The summed E-state index contributed by atoms with van der Waals surface area (Å²) in [7, 11) is 3.26. The standard InChI is InChI=1S/C23H22N2O3.C15H20BNO3.C14H14BrNO2/c1-24-13-17-11-15(5-7-18(17)23(24)27)20-14-28-21-12-16(6-8-19(20)21)22(26)25-9-3-2-4-10-25;1-14(2)15(3,4)20-16(19-14)11-6-7-12-10(8-11)9-17(5)13(12)18;15-12-9-18-13-8-10(4-5-11(12)13)14(17)16-6-2-1-3-7-16/h5-8,11-12,14H,2-4,9-10,13H2,1H3;6-8H,9H2,1-5H3;4-5,8-9H,1-3,6-7H2. The summed E-state index contributed by atoms with van der Waals surface area (Å²) in [5.41, 5.74) is 8.80. The normalized spacial score (nSPS) is 18.6. The maximum absolute atomic E-state index is 12.8. The van der Waals surface area contributed by atoms with Crippen LogP contribution in [-0.2, 0) is 22.4 Å². The number of nitrogens with zero attached hydrogens (tertiary/aromatic N) is 4. The van der Waals surface area contributed by atoms with Crippen LogP contribution in [0.15, 0.2) is 98.6 Å². The van der Waals surface area contributed by atoms with Gasteiger partial charge in [-0.15, -0.1) is 0 Å². The van der Waals surface area contributed by atoms with Crippen LogP contribution in [0.3, 0.4) is 0 Å². The lowest BCUT2D eigenvalue weighted by Crippen LogP contribution is -2.41. The van der Waals surface area contributed by atoms with Crippen LogP contribution in [-0.4, -0.2) is 102 Å². The number of benzene rings is 4. The number of carbonyl (C=O) groups is 4. The Bertz CT molecular complexity index is 2840. The lowest BCUT2D eigenvalue weighted by molar-refractivity contribution is 0.00578. The fraction of sp³-hybridized carbons (Fsp3) is 0.385. The molecule has 14 heteroatoms. The smallest absolute Gasteiger partial charge is 0.464 e. The average Bonchev–Trinajstić information content (AvgIpc) is 4.11. The van der Waals surface area contributed by atoms with Crippen molar-refractivity contribution in [1.82, 2.24) is 19.6 Å². The van der Waals surface area contributed by atoms with E-state index in [-0.39, 0.29) is 41.9 Å². The first-order valence-corrected chi connectivity index (χ1v) is 23.8. The number of fused-ring (bicyclic) bond motifs is 4. The fourth-order valence-electron chi connectivity index (χ4n) is 9.32. The predicted octanol–water partition coefficient (Wildman–Crippen LogP) is 9.70. The van der Waals surface area contributed by atoms with Crippen molar-refractivity contribution in [3.05, 3.63) is 123 Å². The molecule has 0 unspecified atom stereocenters. The second-order valence-corrected chi connectivity index (χ2v) is 19.9. The molecule has 12 nitrogen and oxygen atoms in total. The predicted molar refractivity (Wildman–Crippen MR) is 259 cm³/mol. The van der Waals surface area contributed by atoms with Crippen LogP contribution in [0.2, 0.25) is 0 Å². The van der Waals surface area contributed by atoms with Crippen molar-refractivity contribution in [2.45, 2.75) is 90.5 Å². The molecule has 0 spiro atoms. The molecule has 0 saturated carbocycles. The Kier molecular flexibility index (Phi) is 12.5. The molecule has 0 N–H and O–H groups in total. The number of furan rings is 2. The first kappa shape index (κ1) is 45.5. The molecule has 3 saturated heterocycles. The van der Waals surface area contributed by atoms with Crippen LogP contribution < -0.4 is 5.46 Å². The van der Waals surface area contributed by atoms with Crippen molar-refractivity contribution in [3.8, 4) is 11.1 Å². The molecular weight excluding hydrogens is 899 g/mol. The Morgan fingerprint density at radius 1 is 0.576 bits per heavy atom. The molecule has 4 amide bonds. The van der Waals surface area contributed by atoms with Gasteiger partial charge in [0.1, 0.15) is 17.4 Å². The van der Waals surface area contributed by atoms with Crippen LogP contribution in [0.25, 0.3) is 33.1 Å². The number of halogens is 1. The largest absolute Gasteiger partial charge is 0.494 e. The van der Waals surface area contributed by atoms with E-state index in [0.29, 0.717) is 29.8 Å². The molecule has 4 aromatic carbocycles. The van der Waals surface area contributed by atoms with Crippen LogP contribution in [0.5, 0.6) is 0 Å². The van der Waals surface area contributed by atoms with Crippen LogP contribution in [0.1, 0.15) is 119 Å². The fourth-order valence-corrected chi connectivity index (χ4v) is 9.74. The number of likely N-dealkylation sites (tertiary alicyclic amines) is 2. The molecule has 0 atom stereocenters. The summed E-state index contributed by atoms with van der Waals surface area (Å²) >= 11 is 3.42. The molecule has 0 bridgehead atoms. The van der Waals surface area contributed by atoms with Crippen molar-refractivity contribution in [1.29, 1.82) is 0 Å². The van der Waals surface area contributed by atoms with E-state index >= 15 is 0 Å². The first-order chi connectivity index (χ1) is 31.6. The third-order valence-corrected chi connectivity index (χ3v) is 14.5. The third-order valence-electron chi connectivity index (χ3n) is 13.9. The molecule has 5 aliphatic heterocycles. The highest BCUT2D eigenvalue weighted by atomic mass is 79.9. The summed E-state index contributed by atoms with van der Waals surface area (Å²) in [5, 5.41) is 1.98. The van der Waals surface area contributed by atoms with E-state index in [1.807, 2.05) is 118 Å². The molecule has 0 radical (unpaired) electrons. The Hall–Kier alpha value is -5.70. The van der Waals surface area contributed by atoms with Gasteiger partial charge in [0, 0.05) is 92.0 Å². The second-order valence-electron chi connectivity index (χ2n) is 19.1. The van der Waals surface area contributed by atoms with Crippen molar-refractivity contribution in [2.24, 2.45) is 0 Å². The Balaban J connectivity index is 0.000000129. The maximum atomic E-state index is 12.8. The van der Waals surface area contributed by atoms with Crippen molar-refractivity contribution < 1.29 is 37.3 Å². The zero-order valence-corrected chi connectivity index (χ0v) is 40.2. The SMILES string of the molecule is CN1Cc2cc(-c3coc4cc(C(=O)N5CCCCC5)ccc34)ccc2C1=O.CN1Cc2cc(B3OC(C)(C)C(C)(C)O3)ccc2C1=O.O=C(c1ccc2c(Br)coc2c1)N1CCCCC1. The van der Waals surface area contributed by atoms with Gasteiger partial charge >= 0.3 is 7.12 Å². The van der Waals surface area contributed by atoms with Gasteiger partial charge in [-0.2, -0.15) is 0 Å². The number of rotatable bonds is 4. The van der Waals surface area contributed by atoms with E-state index in [2.05, 4.69) is 22.0 Å².